The number of benzene rings is 1. The van der Waals surface area contributed by atoms with Crippen molar-refractivity contribution in [2.45, 2.75) is 55.8 Å². The highest BCUT2D eigenvalue weighted by atomic mass is 32.2. The Hall–Kier alpha value is -2.61. The first-order chi connectivity index (χ1) is 14.2. The molecule has 1 N–H and O–H groups in total. The number of carbonyl (C=O) groups excluding carboxylic acids is 1. The highest BCUT2D eigenvalue weighted by Crippen LogP contribution is 2.33. The van der Waals surface area contributed by atoms with Gasteiger partial charge in [-0.1, -0.05) is 49.2 Å². The highest BCUT2D eigenvalue weighted by molar-refractivity contribution is 7.99. The van der Waals surface area contributed by atoms with Crippen molar-refractivity contribution in [3.63, 3.8) is 0 Å². The number of hydrogen-bond donors (Lipinski definition) is 1. The zero-order chi connectivity index (χ0) is 19.8. The zero-order valence-corrected chi connectivity index (χ0v) is 16.9. The summed E-state index contributed by atoms with van der Waals surface area (Å²) in [6.45, 7) is 0. The lowest BCUT2D eigenvalue weighted by Crippen LogP contribution is -2.38. The minimum absolute atomic E-state index is 0.0299. The second-order valence-corrected chi connectivity index (χ2v) is 8.76. The molecule has 1 unspecified atom stereocenters. The fraction of sp³-hybridized carbons (Fsp3) is 0.429. The van der Waals surface area contributed by atoms with Crippen LogP contribution in [0.1, 0.15) is 44.6 Å². The highest BCUT2D eigenvalue weighted by Gasteiger charge is 2.30. The SMILES string of the molecule is O=C(CC1CSc2nc3c(cnn3-c3ccccc3)c(=O)n21)NC1CCCCC1. The van der Waals surface area contributed by atoms with Crippen molar-refractivity contribution in [3.05, 3.63) is 46.9 Å². The molecule has 2 aromatic heterocycles. The third-order valence-electron chi connectivity index (χ3n) is 5.76. The predicted molar refractivity (Wildman–Crippen MR) is 113 cm³/mol. The first-order valence-corrected chi connectivity index (χ1v) is 11.2. The molecule has 5 rings (SSSR count). The minimum Gasteiger partial charge on any atom is -0.353 e. The van der Waals surface area contributed by atoms with Gasteiger partial charge in [-0.3, -0.25) is 14.2 Å². The van der Waals surface area contributed by atoms with Gasteiger partial charge in [-0.05, 0) is 25.0 Å². The molecule has 0 radical (unpaired) electrons. The molecule has 2 aliphatic rings. The van der Waals surface area contributed by atoms with Crippen LogP contribution in [0.5, 0.6) is 0 Å². The Morgan fingerprint density at radius 3 is 2.76 bits per heavy atom. The van der Waals surface area contributed by atoms with Crippen LogP contribution in [-0.4, -0.2) is 37.0 Å². The monoisotopic (exact) mass is 409 g/mol. The van der Waals surface area contributed by atoms with Gasteiger partial charge < -0.3 is 5.32 Å². The maximum Gasteiger partial charge on any atom is 0.265 e. The Morgan fingerprint density at radius 2 is 1.97 bits per heavy atom. The lowest BCUT2D eigenvalue weighted by molar-refractivity contribution is -0.122. The van der Waals surface area contributed by atoms with E-state index in [1.54, 1.807) is 15.4 Å². The predicted octanol–water partition coefficient (Wildman–Crippen LogP) is 3.07. The van der Waals surface area contributed by atoms with E-state index in [2.05, 4.69) is 10.4 Å². The zero-order valence-electron chi connectivity index (χ0n) is 16.1. The molecular weight excluding hydrogens is 386 g/mol. The van der Waals surface area contributed by atoms with Crippen molar-refractivity contribution in [2.24, 2.45) is 0 Å². The summed E-state index contributed by atoms with van der Waals surface area (Å²) >= 11 is 1.53. The molecule has 29 heavy (non-hydrogen) atoms. The fourth-order valence-corrected chi connectivity index (χ4v) is 5.42. The van der Waals surface area contributed by atoms with Crippen molar-refractivity contribution in [2.75, 3.05) is 5.75 Å². The van der Waals surface area contributed by atoms with Crippen molar-refractivity contribution >= 4 is 28.7 Å². The summed E-state index contributed by atoms with van der Waals surface area (Å²) in [5, 5.41) is 8.69. The number of para-hydroxylation sites is 1. The standard InChI is InChI=1S/C21H23N5O2S/c27-18(23-14-7-3-1-4-8-14)11-16-13-29-21-24-19-17(20(28)25(16)21)12-22-26(19)15-9-5-2-6-10-15/h2,5-6,9-10,12,14,16H,1,3-4,7-8,11,13H2,(H,23,27). The molecule has 7 nitrogen and oxygen atoms in total. The Bertz CT molecular complexity index is 1100. The van der Waals surface area contributed by atoms with Crippen molar-refractivity contribution in [1.82, 2.24) is 24.6 Å². The van der Waals surface area contributed by atoms with Gasteiger partial charge in [-0.25, -0.2) is 9.67 Å². The van der Waals surface area contributed by atoms with E-state index >= 15 is 0 Å². The molecule has 1 amide bonds. The second kappa shape index (κ2) is 7.67. The van der Waals surface area contributed by atoms with Crippen molar-refractivity contribution < 1.29 is 4.79 Å². The van der Waals surface area contributed by atoms with E-state index in [-0.39, 0.29) is 23.6 Å². The van der Waals surface area contributed by atoms with Gasteiger partial charge in [0.2, 0.25) is 5.91 Å². The fourth-order valence-electron chi connectivity index (χ4n) is 4.29. The van der Waals surface area contributed by atoms with Crippen LogP contribution in [0.2, 0.25) is 0 Å². The third-order valence-corrected chi connectivity index (χ3v) is 6.86. The van der Waals surface area contributed by atoms with Gasteiger partial charge >= 0.3 is 0 Å². The van der Waals surface area contributed by atoms with Gasteiger partial charge in [0, 0.05) is 18.2 Å². The largest absolute Gasteiger partial charge is 0.353 e. The number of nitrogens with one attached hydrogen (secondary N) is 1. The van der Waals surface area contributed by atoms with Crippen LogP contribution in [0.3, 0.4) is 0 Å². The summed E-state index contributed by atoms with van der Waals surface area (Å²) in [4.78, 5) is 30.5. The Labute approximate surface area is 172 Å². The number of aromatic nitrogens is 4. The molecule has 0 saturated heterocycles. The van der Waals surface area contributed by atoms with E-state index in [0.717, 1.165) is 18.5 Å². The first kappa shape index (κ1) is 18.4. The average Bonchev–Trinajstić information content (AvgIpc) is 3.34. The van der Waals surface area contributed by atoms with Gasteiger partial charge in [-0.15, -0.1) is 0 Å². The van der Waals surface area contributed by atoms with Gasteiger partial charge in [0.25, 0.3) is 5.56 Å². The van der Waals surface area contributed by atoms with E-state index in [1.807, 2.05) is 30.3 Å². The van der Waals surface area contributed by atoms with E-state index < -0.39 is 0 Å². The van der Waals surface area contributed by atoms with Gasteiger partial charge in [0.05, 0.1) is 17.9 Å². The maximum absolute atomic E-state index is 13.2. The van der Waals surface area contributed by atoms with E-state index in [0.29, 0.717) is 28.4 Å². The molecule has 1 atom stereocenters. The molecule has 3 heterocycles. The number of rotatable bonds is 4. The first-order valence-electron chi connectivity index (χ1n) is 10.2. The molecule has 1 saturated carbocycles. The summed E-state index contributed by atoms with van der Waals surface area (Å²) in [5.74, 6) is 0.716. The summed E-state index contributed by atoms with van der Waals surface area (Å²) in [5.41, 5.74) is 1.31. The van der Waals surface area contributed by atoms with Gasteiger partial charge in [0.15, 0.2) is 10.8 Å². The summed E-state index contributed by atoms with van der Waals surface area (Å²) in [6, 6.07) is 9.79. The Morgan fingerprint density at radius 1 is 1.17 bits per heavy atom. The maximum atomic E-state index is 13.2. The molecule has 8 heteroatoms. The Kier molecular flexibility index (Phi) is 4.87. The number of thioether (sulfide) groups is 1. The molecule has 3 aromatic rings. The summed E-state index contributed by atoms with van der Waals surface area (Å²) in [6.07, 6.45) is 7.63. The molecule has 1 aliphatic heterocycles. The van der Waals surface area contributed by atoms with Crippen LogP contribution >= 0.6 is 11.8 Å². The van der Waals surface area contributed by atoms with E-state index in [9.17, 15) is 9.59 Å². The van der Waals surface area contributed by atoms with Gasteiger partial charge in [-0.2, -0.15) is 5.10 Å². The van der Waals surface area contributed by atoms with Crippen LogP contribution < -0.4 is 10.9 Å². The minimum atomic E-state index is -0.164. The number of hydrogen-bond acceptors (Lipinski definition) is 5. The molecule has 0 bridgehead atoms. The quantitative estimate of drug-likeness (QED) is 0.670. The number of carbonyl (C=O) groups is 1. The molecule has 1 aromatic carbocycles. The van der Waals surface area contributed by atoms with Crippen molar-refractivity contribution in [1.29, 1.82) is 0 Å². The third kappa shape index (κ3) is 3.46. The van der Waals surface area contributed by atoms with Gasteiger partial charge in [0.1, 0.15) is 5.39 Å². The van der Waals surface area contributed by atoms with Crippen LogP contribution in [-0.2, 0) is 4.79 Å². The number of fused-ring (bicyclic) bond motifs is 2. The van der Waals surface area contributed by atoms with Crippen LogP contribution in [0, 0.1) is 0 Å². The molecule has 1 fully saturated rings. The van der Waals surface area contributed by atoms with Crippen LogP contribution in [0.15, 0.2) is 46.5 Å². The lowest BCUT2D eigenvalue weighted by Gasteiger charge is -2.23. The number of amides is 1. The normalized spacial score (nSPS) is 19.4. The van der Waals surface area contributed by atoms with Crippen molar-refractivity contribution in [3.8, 4) is 5.69 Å². The summed E-state index contributed by atoms with van der Waals surface area (Å²) in [7, 11) is 0. The topological polar surface area (TPSA) is 81.8 Å². The molecule has 1 aliphatic carbocycles. The second-order valence-electron chi connectivity index (χ2n) is 7.77. The van der Waals surface area contributed by atoms with Crippen LogP contribution in [0.4, 0.5) is 0 Å². The van der Waals surface area contributed by atoms with E-state index in [1.165, 1.54) is 31.0 Å². The van der Waals surface area contributed by atoms with E-state index in [4.69, 9.17) is 4.98 Å². The average molecular weight is 410 g/mol. The van der Waals surface area contributed by atoms with Crippen LogP contribution in [0.25, 0.3) is 16.7 Å². The molecular formula is C21H23N5O2S. The number of nitrogens with zero attached hydrogens (tertiary/aromatic N) is 4. The lowest BCUT2D eigenvalue weighted by atomic mass is 9.95. The Balaban J connectivity index is 1.42. The smallest absolute Gasteiger partial charge is 0.265 e. The summed E-state index contributed by atoms with van der Waals surface area (Å²) < 4.78 is 3.38. The molecule has 150 valence electrons. The molecule has 0 spiro atoms.